The van der Waals surface area contributed by atoms with Crippen molar-refractivity contribution in [3.8, 4) is 11.3 Å². The van der Waals surface area contributed by atoms with E-state index in [-0.39, 0.29) is 12.2 Å². The first-order valence-electron chi connectivity index (χ1n) is 13.0. The second-order valence-electron chi connectivity index (χ2n) is 10.6. The number of aryl methyl sites for hydroxylation is 1. The number of hydrogen-bond donors (Lipinski definition) is 2. The molecule has 0 radical (unpaired) electrons. The van der Waals surface area contributed by atoms with Crippen LogP contribution in [0.5, 0.6) is 0 Å². The van der Waals surface area contributed by atoms with Crippen LogP contribution in [0.4, 0.5) is 4.79 Å². The van der Waals surface area contributed by atoms with E-state index < -0.39 is 0 Å². The van der Waals surface area contributed by atoms with E-state index in [0.717, 1.165) is 61.4 Å². The maximum Gasteiger partial charge on any atom is 0.410 e. The van der Waals surface area contributed by atoms with Crippen molar-refractivity contribution < 1.29 is 9.53 Å². The van der Waals surface area contributed by atoms with Crippen LogP contribution >= 0.6 is 0 Å². The largest absolute Gasteiger partial charge is 0.443 e. The quantitative estimate of drug-likeness (QED) is 0.428. The minimum Gasteiger partial charge on any atom is -0.443 e. The first-order valence-corrected chi connectivity index (χ1v) is 13.0. The molecule has 2 saturated heterocycles. The van der Waals surface area contributed by atoms with Crippen molar-refractivity contribution in [2.45, 2.75) is 58.5 Å². The van der Waals surface area contributed by atoms with E-state index >= 15 is 0 Å². The third-order valence-electron chi connectivity index (χ3n) is 8.07. The van der Waals surface area contributed by atoms with Crippen LogP contribution in [0.1, 0.15) is 60.8 Å². The first-order chi connectivity index (χ1) is 17.4. The van der Waals surface area contributed by atoms with Gasteiger partial charge < -0.3 is 19.9 Å². The van der Waals surface area contributed by atoms with Crippen LogP contribution in [0.15, 0.2) is 30.7 Å². The van der Waals surface area contributed by atoms with Crippen LogP contribution in [-0.4, -0.2) is 62.9 Å². The van der Waals surface area contributed by atoms with Crippen LogP contribution in [0, 0.1) is 13.8 Å². The molecule has 1 aromatic carbocycles. The predicted molar refractivity (Wildman–Crippen MR) is 141 cm³/mol. The number of ether oxygens (including phenoxy) is 1. The van der Waals surface area contributed by atoms with Gasteiger partial charge in [-0.05, 0) is 72.9 Å². The van der Waals surface area contributed by atoms with Crippen molar-refractivity contribution >= 4 is 22.6 Å². The molecule has 4 aromatic rings. The Bertz CT molecular complexity index is 1440. The number of H-pyrrole nitrogens is 1. The van der Waals surface area contributed by atoms with Crippen molar-refractivity contribution in [1.29, 1.82) is 0 Å². The Morgan fingerprint density at radius 1 is 1.14 bits per heavy atom. The van der Waals surface area contributed by atoms with Crippen LogP contribution < -0.4 is 5.32 Å². The second kappa shape index (κ2) is 8.92. The molecule has 36 heavy (non-hydrogen) atoms. The van der Waals surface area contributed by atoms with E-state index in [1.54, 1.807) is 6.33 Å². The Morgan fingerprint density at radius 3 is 2.61 bits per heavy atom. The number of amides is 1. The van der Waals surface area contributed by atoms with Crippen LogP contribution in [0.2, 0.25) is 0 Å². The summed E-state index contributed by atoms with van der Waals surface area (Å²) in [4.78, 5) is 22.5. The molecule has 0 bridgehead atoms. The number of likely N-dealkylation sites (tertiary alicyclic amines) is 1. The molecule has 0 spiro atoms. The molecule has 0 unspecified atom stereocenters. The molecule has 2 aliphatic rings. The number of hydrogen-bond acceptors (Lipinski definition) is 5. The number of rotatable bonds is 4. The zero-order valence-corrected chi connectivity index (χ0v) is 21.5. The Hall–Kier alpha value is -3.39. The summed E-state index contributed by atoms with van der Waals surface area (Å²) >= 11 is 0. The smallest absolute Gasteiger partial charge is 0.410 e. The number of fused-ring (bicyclic) bond motifs is 2. The lowest BCUT2D eigenvalue weighted by atomic mass is 9.87. The Labute approximate surface area is 211 Å². The molecule has 2 aliphatic heterocycles. The van der Waals surface area contributed by atoms with Crippen molar-refractivity contribution in [2.75, 3.05) is 26.2 Å². The maximum absolute atomic E-state index is 12.5. The summed E-state index contributed by atoms with van der Waals surface area (Å²) in [6.45, 7) is 11.8. The van der Waals surface area contributed by atoms with Gasteiger partial charge in [-0.15, -0.1) is 0 Å². The zero-order chi connectivity index (χ0) is 25.0. The summed E-state index contributed by atoms with van der Waals surface area (Å²) in [5.41, 5.74) is 9.45. The lowest BCUT2D eigenvalue weighted by molar-refractivity contribution is 0.0341. The molecule has 188 valence electrons. The summed E-state index contributed by atoms with van der Waals surface area (Å²) in [5, 5.41) is 8.83. The van der Waals surface area contributed by atoms with Crippen LogP contribution in [0.3, 0.4) is 0 Å². The topological polar surface area (TPSA) is 87.5 Å². The molecule has 0 saturated carbocycles. The lowest BCUT2D eigenvalue weighted by Crippen LogP contribution is -2.51. The van der Waals surface area contributed by atoms with Gasteiger partial charge in [0.1, 0.15) is 12.4 Å². The summed E-state index contributed by atoms with van der Waals surface area (Å²) in [5.74, 6) is 0.797. The zero-order valence-electron chi connectivity index (χ0n) is 21.5. The molecule has 1 amide bonds. The van der Waals surface area contributed by atoms with Crippen molar-refractivity contribution in [3.63, 3.8) is 0 Å². The van der Waals surface area contributed by atoms with Crippen molar-refractivity contribution in [1.82, 2.24) is 29.8 Å². The highest BCUT2D eigenvalue weighted by Gasteiger charge is 2.29. The van der Waals surface area contributed by atoms with Gasteiger partial charge in [0.2, 0.25) is 0 Å². The number of nitrogens with one attached hydrogen (secondary N) is 2. The Morgan fingerprint density at radius 2 is 1.92 bits per heavy atom. The number of carbonyl (C=O) groups is 1. The molecular formula is C28H34N6O2. The Kier molecular flexibility index (Phi) is 5.71. The molecule has 8 heteroatoms. The number of piperidine rings is 1. The molecule has 0 atom stereocenters. The van der Waals surface area contributed by atoms with Crippen molar-refractivity contribution in [3.05, 3.63) is 53.0 Å². The third-order valence-corrected chi connectivity index (χ3v) is 8.07. The second-order valence-corrected chi connectivity index (χ2v) is 10.6. The molecule has 8 nitrogen and oxygen atoms in total. The normalized spacial score (nSPS) is 17.3. The standard InChI is InChI=1S/C28H34N6O2/c1-16(2)25-22-11-20(19-7-9-33(10-8-19)28(35)36-21-12-29-13-21)5-6-24(22)32-26(25)23-14-34-27(30-15-31-34)18(4)17(23)3/h5-6,11,14-16,19,21,29,32H,7-10,12-13H2,1-4H3. The number of carbonyl (C=O) groups excluding carboxylic acids is 1. The maximum atomic E-state index is 12.5. The van der Waals surface area contributed by atoms with E-state index in [2.05, 4.69) is 72.5 Å². The summed E-state index contributed by atoms with van der Waals surface area (Å²) < 4.78 is 7.44. The number of nitrogens with zero attached hydrogens (tertiary/aromatic N) is 4. The summed E-state index contributed by atoms with van der Waals surface area (Å²) in [6, 6.07) is 6.85. The monoisotopic (exact) mass is 486 g/mol. The number of benzene rings is 1. The fourth-order valence-electron chi connectivity index (χ4n) is 5.71. The molecular weight excluding hydrogens is 452 g/mol. The minimum atomic E-state index is -0.164. The van der Waals surface area contributed by atoms with Gasteiger partial charge in [0.15, 0.2) is 5.65 Å². The average Bonchev–Trinajstić information content (AvgIpc) is 3.48. The van der Waals surface area contributed by atoms with Crippen LogP contribution in [-0.2, 0) is 4.74 Å². The third kappa shape index (κ3) is 3.84. The molecule has 5 heterocycles. The molecule has 2 N–H and O–H groups in total. The van der Waals surface area contributed by atoms with Gasteiger partial charge in [0.25, 0.3) is 0 Å². The fraction of sp³-hybridized carbons (Fsp3) is 0.464. The van der Waals surface area contributed by atoms with E-state index in [4.69, 9.17) is 4.74 Å². The molecule has 6 rings (SSSR count). The van der Waals surface area contributed by atoms with Gasteiger partial charge in [-0.25, -0.2) is 14.3 Å². The van der Waals surface area contributed by atoms with Gasteiger partial charge in [-0.3, -0.25) is 0 Å². The molecule has 2 fully saturated rings. The number of aromatic nitrogens is 4. The van der Waals surface area contributed by atoms with Gasteiger partial charge in [-0.2, -0.15) is 5.10 Å². The lowest BCUT2D eigenvalue weighted by Gasteiger charge is -2.34. The average molecular weight is 487 g/mol. The summed E-state index contributed by atoms with van der Waals surface area (Å²) in [6.07, 6.45) is 5.49. The van der Waals surface area contributed by atoms with Gasteiger partial charge >= 0.3 is 6.09 Å². The van der Waals surface area contributed by atoms with Gasteiger partial charge in [0.05, 0.1) is 5.69 Å². The minimum absolute atomic E-state index is 0.0348. The van der Waals surface area contributed by atoms with E-state index in [1.165, 1.54) is 27.6 Å². The van der Waals surface area contributed by atoms with Crippen molar-refractivity contribution in [2.24, 2.45) is 0 Å². The van der Waals surface area contributed by atoms with Crippen LogP contribution in [0.25, 0.3) is 27.8 Å². The predicted octanol–water partition coefficient (Wildman–Crippen LogP) is 4.91. The van der Waals surface area contributed by atoms with E-state index in [9.17, 15) is 4.79 Å². The van der Waals surface area contributed by atoms with Gasteiger partial charge in [0, 0.05) is 48.8 Å². The highest BCUT2D eigenvalue weighted by atomic mass is 16.6. The molecule has 3 aromatic heterocycles. The highest BCUT2D eigenvalue weighted by Crippen LogP contribution is 2.40. The van der Waals surface area contributed by atoms with E-state index in [1.807, 2.05) is 9.42 Å². The highest BCUT2D eigenvalue weighted by molar-refractivity contribution is 5.92. The molecule has 0 aliphatic carbocycles. The van der Waals surface area contributed by atoms with Gasteiger partial charge in [-0.1, -0.05) is 19.9 Å². The SMILES string of the molecule is Cc1c(-c2[nH]c3ccc(C4CCN(C(=O)OC5CNC5)CC4)cc3c2C(C)C)cn2ncnc2c1C. The van der Waals surface area contributed by atoms with E-state index in [0.29, 0.717) is 11.8 Å². The first kappa shape index (κ1) is 23.0. The number of pyridine rings is 1. The fourth-order valence-corrected chi connectivity index (χ4v) is 5.71. The Balaban J connectivity index is 1.30. The summed E-state index contributed by atoms with van der Waals surface area (Å²) in [7, 11) is 0. The number of aromatic amines is 1.